The fourth-order valence-corrected chi connectivity index (χ4v) is 4.20. The smallest absolute Gasteiger partial charge is 0.309 e. The second kappa shape index (κ2) is 10.4. The third kappa shape index (κ3) is 5.81. The van der Waals surface area contributed by atoms with Crippen LogP contribution in [0.2, 0.25) is 0 Å². The molecular formula is C22H28N2O4S. The number of anilines is 1. The number of nitrogens with zero attached hydrogens (tertiary/aromatic N) is 2. The van der Waals surface area contributed by atoms with Crippen LogP contribution in [0.5, 0.6) is 5.75 Å². The van der Waals surface area contributed by atoms with Crippen LogP contribution < -0.4 is 9.64 Å². The molecule has 29 heavy (non-hydrogen) atoms. The summed E-state index contributed by atoms with van der Waals surface area (Å²) in [6.45, 7) is 4.58. The quantitative estimate of drug-likeness (QED) is 0.616. The van der Waals surface area contributed by atoms with Crippen LogP contribution >= 0.6 is 11.3 Å². The Morgan fingerprint density at radius 3 is 2.48 bits per heavy atom. The van der Waals surface area contributed by atoms with Crippen LogP contribution in [0.4, 0.5) is 5.69 Å². The summed E-state index contributed by atoms with van der Waals surface area (Å²) in [6, 6.07) is 11.6. The van der Waals surface area contributed by atoms with Gasteiger partial charge in [0, 0.05) is 10.6 Å². The van der Waals surface area contributed by atoms with Crippen molar-refractivity contribution < 1.29 is 19.1 Å². The van der Waals surface area contributed by atoms with Gasteiger partial charge in [-0.25, -0.2) is 0 Å². The van der Waals surface area contributed by atoms with Gasteiger partial charge in [0.05, 0.1) is 32.7 Å². The molecule has 2 heterocycles. The van der Waals surface area contributed by atoms with Crippen LogP contribution in [-0.2, 0) is 20.9 Å². The van der Waals surface area contributed by atoms with Gasteiger partial charge in [0.2, 0.25) is 5.91 Å². The number of esters is 1. The standard InChI is InChI=1S/C22H28N2O4S/c1-3-28-22(26)17-10-12-23(13-11-17)16-21(25)24(15-20-5-4-14-29-20)18-6-8-19(27-2)9-7-18/h4-9,14,17H,3,10-13,15-16H2,1-2H3. The van der Waals surface area contributed by atoms with Crippen molar-refractivity contribution >= 4 is 28.9 Å². The van der Waals surface area contributed by atoms with Crippen molar-refractivity contribution in [2.45, 2.75) is 26.3 Å². The van der Waals surface area contributed by atoms with Crippen LogP contribution in [0.3, 0.4) is 0 Å². The number of hydrogen-bond donors (Lipinski definition) is 0. The van der Waals surface area contributed by atoms with E-state index in [9.17, 15) is 9.59 Å². The van der Waals surface area contributed by atoms with Crippen molar-refractivity contribution in [3.63, 3.8) is 0 Å². The molecule has 1 amide bonds. The summed E-state index contributed by atoms with van der Waals surface area (Å²) < 4.78 is 10.4. The van der Waals surface area contributed by atoms with E-state index in [0.29, 0.717) is 19.7 Å². The highest BCUT2D eigenvalue weighted by Crippen LogP contribution is 2.24. The van der Waals surface area contributed by atoms with Crippen molar-refractivity contribution in [3.05, 3.63) is 46.7 Å². The molecule has 1 aromatic heterocycles. The summed E-state index contributed by atoms with van der Waals surface area (Å²) >= 11 is 1.64. The van der Waals surface area contributed by atoms with Crippen molar-refractivity contribution in [1.82, 2.24) is 4.90 Å². The SMILES string of the molecule is CCOC(=O)C1CCN(CC(=O)N(Cc2cccs2)c2ccc(OC)cc2)CC1. The highest BCUT2D eigenvalue weighted by atomic mass is 32.1. The lowest BCUT2D eigenvalue weighted by Gasteiger charge is -2.32. The topological polar surface area (TPSA) is 59.1 Å². The summed E-state index contributed by atoms with van der Waals surface area (Å²) in [6.07, 6.45) is 1.47. The van der Waals surface area contributed by atoms with Crippen LogP contribution in [0.25, 0.3) is 0 Å². The summed E-state index contributed by atoms with van der Waals surface area (Å²) in [7, 11) is 1.63. The van der Waals surface area contributed by atoms with Gasteiger partial charge in [0.1, 0.15) is 5.75 Å². The number of carbonyl (C=O) groups is 2. The van der Waals surface area contributed by atoms with Gasteiger partial charge in [-0.15, -0.1) is 11.3 Å². The number of piperidine rings is 1. The molecule has 2 aromatic rings. The maximum absolute atomic E-state index is 13.2. The number of likely N-dealkylation sites (tertiary alicyclic amines) is 1. The van der Waals surface area contributed by atoms with E-state index in [2.05, 4.69) is 4.90 Å². The van der Waals surface area contributed by atoms with Gasteiger partial charge in [-0.3, -0.25) is 14.5 Å². The first-order chi connectivity index (χ1) is 14.1. The Morgan fingerprint density at radius 2 is 1.90 bits per heavy atom. The molecule has 0 atom stereocenters. The van der Waals surface area contributed by atoms with Crippen molar-refractivity contribution in [3.8, 4) is 5.75 Å². The molecule has 0 unspecified atom stereocenters. The van der Waals surface area contributed by atoms with E-state index >= 15 is 0 Å². The van der Waals surface area contributed by atoms with E-state index in [1.807, 2.05) is 53.6 Å². The molecule has 1 aromatic carbocycles. The predicted molar refractivity (Wildman–Crippen MR) is 114 cm³/mol. The minimum atomic E-state index is -0.115. The van der Waals surface area contributed by atoms with Crippen LogP contribution in [-0.4, -0.2) is 50.1 Å². The molecule has 0 aliphatic carbocycles. The summed E-state index contributed by atoms with van der Waals surface area (Å²) in [5.74, 6) is 0.651. The number of thiophene rings is 1. The van der Waals surface area contributed by atoms with E-state index < -0.39 is 0 Å². The van der Waals surface area contributed by atoms with Crippen molar-refractivity contribution in [2.75, 3.05) is 38.3 Å². The molecule has 0 saturated carbocycles. The Hall–Kier alpha value is -2.38. The van der Waals surface area contributed by atoms with E-state index in [4.69, 9.17) is 9.47 Å². The first-order valence-corrected chi connectivity index (χ1v) is 10.8. The predicted octanol–water partition coefficient (Wildman–Crippen LogP) is 3.57. The monoisotopic (exact) mass is 416 g/mol. The number of rotatable bonds is 8. The van der Waals surface area contributed by atoms with Gasteiger partial charge in [-0.1, -0.05) is 6.07 Å². The van der Waals surface area contributed by atoms with Crippen LogP contribution in [0, 0.1) is 5.92 Å². The number of ether oxygens (including phenoxy) is 2. The summed E-state index contributed by atoms with van der Waals surface area (Å²) in [5.41, 5.74) is 0.852. The Morgan fingerprint density at radius 1 is 1.17 bits per heavy atom. The molecule has 1 aliphatic heterocycles. The van der Waals surface area contributed by atoms with E-state index in [1.54, 1.807) is 18.4 Å². The Labute approximate surface area is 176 Å². The summed E-state index contributed by atoms with van der Waals surface area (Å²) in [4.78, 5) is 30.2. The van der Waals surface area contributed by atoms with Crippen molar-refractivity contribution in [2.24, 2.45) is 5.92 Å². The highest BCUT2D eigenvalue weighted by molar-refractivity contribution is 7.09. The lowest BCUT2D eigenvalue weighted by atomic mass is 9.97. The number of amides is 1. The number of methoxy groups -OCH3 is 1. The maximum Gasteiger partial charge on any atom is 0.309 e. The minimum Gasteiger partial charge on any atom is -0.497 e. The maximum atomic E-state index is 13.2. The third-order valence-electron chi connectivity index (χ3n) is 5.15. The molecule has 7 heteroatoms. The van der Waals surface area contributed by atoms with E-state index in [-0.39, 0.29) is 17.8 Å². The Balaban J connectivity index is 1.64. The molecule has 1 fully saturated rings. The first-order valence-electron chi connectivity index (χ1n) is 9.96. The normalized spacial score (nSPS) is 15.1. The number of carbonyl (C=O) groups excluding carboxylic acids is 2. The molecule has 0 N–H and O–H groups in total. The van der Waals surface area contributed by atoms with Gasteiger partial charge in [-0.05, 0) is 68.6 Å². The zero-order chi connectivity index (χ0) is 20.6. The molecule has 1 aliphatic rings. The average Bonchev–Trinajstić information content (AvgIpc) is 3.26. The van der Waals surface area contributed by atoms with Gasteiger partial charge < -0.3 is 14.4 Å². The second-order valence-corrected chi connectivity index (χ2v) is 8.09. The zero-order valence-electron chi connectivity index (χ0n) is 17.0. The molecule has 0 bridgehead atoms. The number of benzene rings is 1. The highest BCUT2D eigenvalue weighted by Gasteiger charge is 2.28. The molecular weight excluding hydrogens is 388 g/mol. The average molecular weight is 417 g/mol. The van der Waals surface area contributed by atoms with Crippen LogP contribution in [0.15, 0.2) is 41.8 Å². The molecule has 6 nitrogen and oxygen atoms in total. The van der Waals surface area contributed by atoms with Gasteiger partial charge in [0.25, 0.3) is 0 Å². The minimum absolute atomic E-state index is 0.0508. The molecule has 1 saturated heterocycles. The van der Waals surface area contributed by atoms with E-state index in [1.165, 1.54) is 0 Å². The molecule has 3 rings (SSSR count). The lowest BCUT2D eigenvalue weighted by Crippen LogP contribution is -2.44. The first kappa shape index (κ1) is 21.3. The van der Waals surface area contributed by atoms with Gasteiger partial charge >= 0.3 is 5.97 Å². The summed E-state index contributed by atoms with van der Waals surface area (Å²) in [5, 5.41) is 2.02. The van der Waals surface area contributed by atoms with Crippen molar-refractivity contribution in [1.29, 1.82) is 0 Å². The van der Waals surface area contributed by atoms with E-state index in [0.717, 1.165) is 42.2 Å². The Kier molecular flexibility index (Phi) is 7.66. The molecule has 0 spiro atoms. The lowest BCUT2D eigenvalue weighted by molar-refractivity contribution is -0.149. The third-order valence-corrected chi connectivity index (χ3v) is 6.01. The fourth-order valence-electron chi connectivity index (χ4n) is 3.51. The van der Waals surface area contributed by atoms with Gasteiger partial charge in [-0.2, -0.15) is 0 Å². The second-order valence-electron chi connectivity index (χ2n) is 7.06. The van der Waals surface area contributed by atoms with Gasteiger partial charge in [0.15, 0.2) is 0 Å². The molecule has 0 radical (unpaired) electrons. The number of hydrogen-bond acceptors (Lipinski definition) is 6. The Bertz CT molecular complexity index is 784. The zero-order valence-corrected chi connectivity index (χ0v) is 17.8. The largest absolute Gasteiger partial charge is 0.497 e. The molecule has 156 valence electrons. The van der Waals surface area contributed by atoms with Crippen LogP contribution in [0.1, 0.15) is 24.6 Å². The fraction of sp³-hybridized carbons (Fsp3) is 0.455.